The van der Waals surface area contributed by atoms with Gasteiger partial charge in [0, 0.05) is 0 Å². The van der Waals surface area contributed by atoms with Crippen LogP contribution in [0.4, 0.5) is 0 Å². The van der Waals surface area contributed by atoms with Crippen molar-refractivity contribution < 1.29 is 19.4 Å². The smallest absolute Gasteiger partial charge is 0.335 e. The predicted octanol–water partition coefficient (Wildman–Crippen LogP) is 5.51. The van der Waals surface area contributed by atoms with Crippen LogP contribution in [0.5, 0.6) is 11.5 Å². The first-order valence-electron chi connectivity index (χ1n) is 11.6. The third-order valence-electron chi connectivity index (χ3n) is 6.07. The number of aryl methyl sites for hydroxylation is 2. The molecule has 188 valence electrons. The fourth-order valence-electron chi connectivity index (χ4n) is 4.04. The maximum Gasteiger partial charge on any atom is 0.335 e. The van der Waals surface area contributed by atoms with Crippen LogP contribution in [0.15, 0.2) is 57.8 Å². The minimum atomic E-state index is -0.973. The molecule has 0 aliphatic rings. The Morgan fingerprint density at radius 3 is 2.54 bits per heavy atom. The van der Waals surface area contributed by atoms with Crippen LogP contribution in [-0.2, 0) is 6.61 Å². The molecule has 0 fully saturated rings. The van der Waals surface area contributed by atoms with E-state index in [0.717, 1.165) is 33.3 Å². The van der Waals surface area contributed by atoms with Crippen molar-refractivity contribution in [1.82, 2.24) is 9.38 Å². The molecule has 0 radical (unpaired) electrons. The fourth-order valence-corrected chi connectivity index (χ4v) is 5.60. The van der Waals surface area contributed by atoms with Crippen molar-refractivity contribution in [3.05, 3.63) is 95.7 Å². The van der Waals surface area contributed by atoms with E-state index >= 15 is 0 Å². The highest BCUT2D eigenvalue weighted by Crippen LogP contribution is 2.37. The Hall–Kier alpha value is -3.69. The summed E-state index contributed by atoms with van der Waals surface area (Å²) in [6.07, 6.45) is 1.83. The number of carbonyl (C=O) groups is 1. The topological polar surface area (TPSA) is 90.1 Å². The number of halogens is 1. The van der Waals surface area contributed by atoms with Crippen LogP contribution in [0.2, 0.25) is 0 Å². The summed E-state index contributed by atoms with van der Waals surface area (Å²) in [6.45, 7) is 6.62. The van der Waals surface area contributed by atoms with E-state index in [0.29, 0.717) is 32.1 Å². The molecular weight excluding hydrogens is 556 g/mol. The first-order valence-corrected chi connectivity index (χ1v) is 13.2. The maximum atomic E-state index is 13.3. The second-order valence-electron chi connectivity index (χ2n) is 8.62. The highest BCUT2D eigenvalue weighted by Gasteiger charge is 2.15. The Morgan fingerprint density at radius 2 is 1.84 bits per heavy atom. The molecule has 5 rings (SSSR count). The number of carboxylic acid groups (broad SMARTS) is 1. The van der Waals surface area contributed by atoms with Crippen LogP contribution in [-0.4, -0.2) is 27.1 Å². The lowest BCUT2D eigenvalue weighted by Crippen LogP contribution is -2.22. The molecule has 0 spiro atoms. The molecule has 9 heteroatoms. The van der Waals surface area contributed by atoms with Crippen molar-refractivity contribution in [2.45, 2.75) is 27.4 Å². The lowest BCUT2D eigenvalue weighted by molar-refractivity contribution is 0.0697. The summed E-state index contributed by atoms with van der Waals surface area (Å²) in [5.41, 5.74) is 5.61. The van der Waals surface area contributed by atoms with Crippen LogP contribution < -0.4 is 19.6 Å². The van der Waals surface area contributed by atoms with Crippen molar-refractivity contribution in [3.63, 3.8) is 0 Å². The second-order valence-corrected chi connectivity index (χ2v) is 10.5. The molecule has 37 heavy (non-hydrogen) atoms. The van der Waals surface area contributed by atoms with Gasteiger partial charge < -0.3 is 14.6 Å². The van der Waals surface area contributed by atoms with Gasteiger partial charge in [0.1, 0.15) is 6.61 Å². The zero-order chi connectivity index (χ0) is 26.3. The highest BCUT2D eigenvalue weighted by atomic mass is 79.9. The summed E-state index contributed by atoms with van der Waals surface area (Å²) in [5.74, 6) is 0.0940. The molecule has 0 bridgehead atoms. The number of imidazole rings is 1. The van der Waals surface area contributed by atoms with Crippen molar-refractivity contribution in [2.24, 2.45) is 0 Å². The van der Waals surface area contributed by atoms with Gasteiger partial charge in [-0.1, -0.05) is 23.5 Å². The number of nitrogens with zero attached hydrogens (tertiary/aromatic N) is 2. The summed E-state index contributed by atoms with van der Waals surface area (Å²) in [5, 5.41) is 9.08. The average molecular weight is 579 g/mol. The second kappa shape index (κ2) is 9.99. The largest absolute Gasteiger partial charge is 0.490 e. The molecule has 0 unspecified atom stereocenters. The number of thiazole rings is 1. The minimum absolute atomic E-state index is 0.107. The van der Waals surface area contributed by atoms with E-state index in [1.54, 1.807) is 28.7 Å². The molecule has 0 amide bonds. The van der Waals surface area contributed by atoms with E-state index in [4.69, 9.17) is 14.6 Å². The van der Waals surface area contributed by atoms with Crippen LogP contribution in [0.1, 0.15) is 39.5 Å². The zero-order valence-corrected chi connectivity index (χ0v) is 22.8. The van der Waals surface area contributed by atoms with Crippen molar-refractivity contribution >= 4 is 55.3 Å². The average Bonchev–Trinajstić information content (AvgIpc) is 3.34. The van der Waals surface area contributed by atoms with Crippen molar-refractivity contribution in [2.75, 3.05) is 6.61 Å². The molecule has 0 saturated heterocycles. The summed E-state index contributed by atoms with van der Waals surface area (Å²) in [6, 6.07) is 14.3. The minimum Gasteiger partial charge on any atom is -0.490 e. The number of hydrogen-bond acceptors (Lipinski definition) is 6. The van der Waals surface area contributed by atoms with Gasteiger partial charge in [-0.2, -0.15) is 0 Å². The van der Waals surface area contributed by atoms with Crippen LogP contribution in [0, 0.1) is 13.8 Å². The van der Waals surface area contributed by atoms with Crippen LogP contribution in [0.25, 0.3) is 22.1 Å². The summed E-state index contributed by atoms with van der Waals surface area (Å²) in [4.78, 5) is 29.7. The molecule has 0 aliphatic heterocycles. The van der Waals surface area contributed by atoms with E-state index in [2.05, 4.69) is 20.9 Å². The number of benzene rings is 3. The highest BCUT2D eigenvalue weighted by molar-refractivity contribution is 9.10. The van der Waals surface area contributed by atoms with Crippen LogP contribution in [0.3, 0.4) is 0 Å². The van der Waals surface area contributed by atoms with Gasteiger partial charge in [-0.25, -0.2) is 14.2 Å². The predicted molar refractivity (Wildman–Crippen MR) is 148 cm³/mol. The molecule has 0 saturated carbocycles. The van der Waals surface area contributed by atoms with Gasteiger partial charge in [-0.3, -0.25) is 4.79 Å². The first kappa shape index (κ1) is 25.0. The Kier molecular flexibility index (Phi) is 6.74. The van der Waals surface area contributed by atoms with Gasteiger partial charge in [0.15, 0.2) is 16.5 Å². The molecule has 3 aromatic carbocycles. The summed E-state index contributed by atoms with van der Waals surface area (Å²) >= 11 is 4.93. The van der Waals surface area contributed by atoms with Gasteiger partial charge in [0.05, 0.1) is 32.2 Å². The van der Waals surface area contributed by atoms with E-state index in [1.165, 1.54) is 11.3 Å². The maximum absolute atomic E-state index is 13.3. The Morgan fingerprint density at radius 1 is 1.11 bits per heavy atom. The summed E-state index contributed by atoms with van der Waals surface area (Å²) in [7, 11) is 0. The number of aromatic nitrogens is 2. The first-order chi connectivity index (χ1) is 17.7. The normalized spacial score (nSPS) is 11.9. The van der Waals surface area contributed by atoms with Crippen molar-refractivity contribution in [3.8, 4) is 11.5 Å². The number of rotatable bonds is 7. The van der Waals surface area contributed by atoms with Crippen LogP contribution >= 0.6 is 27.3 Å². The fraction of sp³-hybridized carbons (Fsp3) is 0.179. The van der Waals surface area contributed by atoms with Gasteiger partial charge in [0.25, 0.3) is 5.56 Å². The number of fused-ring (bicyclic) bond motifs is 3. The van der Waals surface area contributed by atoms with Gasteiger partial charge >= 0.3 is 5.97 Å². The standard InChI is InChI=1S/C28H23BrN2O5S/c1-4-35-23-12-18(11-20(29)25(23)36-14-17-5-7-19(8-6-17)27(33)34)13-24-26(32)31-22-10-16(3)15(2)9-21(22)30-28(31)37-24/h5-13H,4,14H2,1-3H3,(H,33,34)/b24-13-. The molecule has 0 aliphatic carbocycles. The molecule has 0 atom stereocenters. The van der Waals surface area contributed by atoms with Gasteiger partial charge in [-0.15, -0.1) is 0 Å². The SMILES string of the molecule is CCOc1cc(/C=c2\sc3nc4cc(C)c(C)cc4n3c2=O)cc(Br)c1OCc1ccc(C(=O)O)cc1. The number of aromatic carboxylic acids is 1. The Labute approximate surface area is 224 Å². The lowest BCUT2D eigenvalue weighted by Gasteiger charge is -2.15. The molecule has 2 heterocycles. The number of carboxylic acids is 1. The molecule has 5 aromatic rings. The van der Waals surface area contributed by atoms with E-state index < -0.39 is 5.97 Å². The van der Waals surface area contributed by atoms with E-state index in [1.807, 2.05) is 51.1 Å². The number of ether oxygens (including phenoxy) is 2. The zero-order valence-electron chi connectivity index (χ0n) is 20.4. The molecule has 2 aromatic heterocycles. The van der Waals surface area contributed by atoms with Crippen molar-refractivity contribution in [1.29, 1.82) is 0 Å². The Balaban J connectivity index is 1.49. The van der Waals surface area contributed by atoms with E-state index in [-0.39, 0.29) is 17.7 Å². The monoisotopic (exact) mass is 578 g/mol. The third kappa shape index (κ3) is 4.84. The Bertz CT molecular complexity index is 1770. The van der Waals surface area contributed by atoms with E-state index in [9.17, 15) is 9.59 Å². The molecular formula is C28H23BrN2O5S. The molecule has 7 nitrogen and oxygen atoms in total. The lowest BCUT2D eigenvalue weighted by atomic mass is 10.1. The van der Waals surface area contributed by atoms with Gasteiger partial charge in [-0.05, 0) is 101 Å². The van der Waals surface area contributed by atoms with Gasteiger partial charge in [0.2, 0.25) is 0 Å². The third-order valence-corrected chi connectivity index (χ3v) is 7.63. The molecule has 1 N–H and O–H groups in total. The number of hydrogen-bond donors (Lipinski definition) is 1. The quantitative estimate of drug-likeness (QED) is 0.274. The summed E-state index contributed by atoms with van der Waals surface area (Å²) < 4.78 is 14.8.